The molecule has 10 atom stereocenters. The molecule has 7 heteroatoms. The molecule has 0 aromatic heterocycles. The molecule has 7 nitrogen and oxygen atoms in total. The van der Waals surface area contributed by atoms with Crippen molar-refractivity contribution in [2.45, 2.75) is 118 Å². The first-order valence-electron chi connectivity index (χ1n) is 14.7. The van der Waals surface area contributed by atoms with E-state index >= 15 is 0 Å². The highest BCUT2D eigenvalue weighted by Crippen LogP contribution is 2.74. The van der Waals surface area contributed by atoms with Gasteiger partial charge in [0.25, 0.3) is 0 Å². The number of esters is 1. The number of hydrogen-bond donors (Lipinski definition) is 4. The SMILES string of the molecule is CC(=O)O[C@H]1C[C@@]2(C)[C@H](C[C@@H](O)[C@@H]3[C@@]4(C)CC[C@@H](O)[C@@H](C)C4CC[C@@]32C)C1=C(CCC=C(C)C)C(=O)O.CO. The van der Waals surface area contributed by atoms with Gasteiger partial charge in [-0.2, -0.15) is 0 Å². The number of carbonyl (C=O) groups is 2. The van der Waals surface area contributed by atoms with Gasteiger partial charge in [-0.25, -0.2) is 4.79 Å². The Bertz CT molecular complexity index is 996. The number of carbonyl (C=O) groups excluding carboxylic acids is 1. The summed E-state index contributed by atoms with van der Waals surface area (Å²) >= 11 is 0. The van der Waals surface area contributed by atoms with E-state index in [9.17, 15) is 24.9 Å². The Morgan fingerprint density at radius 3 is 2.21 bits per heavy atom. The van der Waals surface area contributed by atoms with Gasteiger partial charge in [-0.05, 0) is 111 Å². The Morgan fingerprint density at radius 1 is 1.00 bits per heavy atom. The number of aliphatic hydroxyl groups is 3. The van der Waals surface area contributed by atoms with E-state index in [1.807, 2.05) is 19.9 Å². The quantitative estimate of drug-likeness (QED) is 0.209. The van der Waals surface area contributed by atoms with Crippen LogP contribution in [-0.2, 0) is 14.3 Å². The van der Waals surface area contributed by atoms with Crippen LogP contribution in [0.3, 0.4) is 0 Å². The smallest absolute Gasteiger partial charge is 0.331 e. The molecule has 0 aromatic rings. The summed E-state index contributed by atoms with van der Waals surface area (Å²) in [6.07, 6.45) is 6.22. The minimum Gasteiger partial charge on any atom is -0.478 e. The maximum Gasteiger partial charge on any atom is 0.331 e. The van der Waals surface area contributed by atoms with E-state index in [1.54, 1.807) is 0 Å². The van der Waals surface area contributed by atoms with Gasteiger partial charge in [0.15, 0.2) is 0 Å². The van der Waals surface area contributed by atoms with E-state index in [0.717, 1.165) is 43.9 Å². The number of carboxylic acids is 1. The van der Waals surface area contributed by atoms with E-state index < -0.39 is 24.1 Å². The van der Waals surface area contributed by atoms with Crippen molar-refractivity contribution in [3.8, 4) is 0 Å². The van der Waals surface area contributed by atoms with Gasteiger partial charge in [-0.1, -0.05) is 39.3 Å². The number of hydrogen-bond acceptors (Lipinski definition) is 6. The number of rotatable bonds is 5. The topological polar surface area (TPSA) is 124 Å². The summed E-state index contributed by atoms with van der Waals surface area (Å²) in [7, 11) is 1.00. The molecule has 0 radical (unpaired) electrons. The van der Waals surface area contributed by atoms with Crippen molar-refractivity contribution in [3.05, 3.63) is 22.8 Å². The van der Waals surface area contributed by atoms with Crippen LogP contribution in [0, 0.1) is 39.9 Å². The second-order valence-electron chi connectivity index (χ2n) is 13.6. The average molecular weight is 549 g/mol. The Labute approximate surface area is 234 Å². The highest BCUT2D eigenvalue weighted by molar-refractivity contribution is 5.88. The lowest BCUT2D eigenvalue weighted by molar-refractivity contribution is -0.234. The molecule has 4 saturated carbocycles. The lowest BCUT2D eigenvalue weighted by Gasteiger charge is -2.69. The van der Waals surface area contributed by atoms with Crippen molar-refractivity contribution < 1.29 is 34.8 Å². The molecule has 4 aliphatic rings. The van der Waals surface area contributed by atoms with Gasteiger partial charge in [0.2, 0.25) is 0 Å². The average Bonchev–Trinajstić information content (AvgIpc) is 3.11. The third-order valence-electron chi connectivity index (χ3n) is 11.6. The molecule has 4 aliphatic carbocycles. The number of allylic oxidation sites excluding steroid dienone is 2. The Kier molecular flexibility index (Phi) is 9.51. The van der Waals surface area contributed by atoms with Gasteiger partial charge in [-0.15, -0.1) is 0 Å². The van der Waals surface area contributed by atoms with E-state index in [-0.39, 0.29) is 40.1 Å². The molecule has 4 N–H and O–H groups in total. The normalized spacial score (nSPS) is 44.0. The molecule has 0 saturated heterocycles. The van der Waals surface area contributed by atoms with Crippen LogP contribution in [0.15, 0.2) is 22.8 Å². The predicted molar refractivity (Wildman–Crippen MR) is 151 cm³/mol. The molecular weight excluding hydrogens is 496 g/mol. The number of aliphatic carboxylic acids is 1. The number of fused-ring (bicyclic) bond motifs is 5. The standard InChI is InChI=1S/C31H48O6.CH4O/c1-17(2)9-8-10-20(28(35)36)26-22-15-24(34)27-29(5)13-12-23(33)18(3)21(29)11-14-30(27,6)31(22,7)16-25(26)37-19(4)32;1-2/h9,18,21-25,27,33-34H,8,10-16H2,1-7H3,(H,35,36);2H,1H3/t18-,21?,22+,23+,24+,25-,27+,29-,30-,31-;/m0./s1. The zero-order chi connectivity index (χ0) is 29.5. The van der Waals surface area contributed by atoms with Crippen molar-refractivity contribution in [2.24, 2.45) is 39.9 Å². The van der Waals surface area contributed by atoms with Crippen LogP contribution in [0.5, 0.6) is 0 Å². The first-order valence-corrected chi connectivity index (χ1v) is 14.7. The third kappa shape index (κ3) is 5.24. The summed E-state index contributed by atoms with van der Waals surface area (Å²) in [4.78, 5) is 24.8. The molecule has 39 heavy (non-hydrogen) atoms. The van der Waals surface area contributed by atoms with Gasteiger partial charge < -0.3 is 25.2 Å². The first kappa shape index (κ1) is 31.8. The van der Waals surface area contributed by atoms with Crippen LogP contribution in [0.2, 0.25) is 0 Å². The van der Waals surface area contributed by atoms with Crippen molar-refractivity contribution in [3.63, 3.8) is 0 Å². The molecule has 0 amide bonds. The number of ether oxygens (including phenoxy) is 1. The summed E-state index contributed by atoms with van der Waals surface area (Å²) in [5.41, 5.74) is 1.57. The summed E-state index contributed by atoms with van der Waals surface area (Å²) in [6, 6.07) is 0. The molecule has 0 aliphatic heterocycles. The second kappa shape index (κ2) is 11.7. The van der Waals surface area contributed by atoms with Crippen LogP contribution in [-0.4, -0.2) is 57.8 Å². The lowest BCUT2D eigenvalue weighted by Crippen LogP contribution is -2.65. The maximum absolute atomic E-state index is 12.6. The Hall–Kier alpha value is -1.70. The molecule has 1 unspecified atom stereocenters. The molecule has 4 rings (SSSR count). The van der Waals surface area contributed by atoms with Crippen LogP contribution in [0.25, 0.3) is 0 Å². The van der Waals surface area contributed by atoms with Crippen LogP contribution < -0.4 is 0 Å². The highest BCUT2D eigenvalue weighted by Gasteiger charge is 2.70. The first-order chi connectivity index (χ1) is 18.2. The second-order valence-corrected chi connectivity index (χ2v) is 13.6. The minimum absolute atomic E-state index is 0.0474. The molecule has 4 fully saturated rings. The van der Waals surface area contributed by atoms with E-state index in [1.165, 1.54) is 6.92 Å². The predicted octanol–water partition coefficient (Wildman–Crippen LogP) is 5.27. The zero-order valence-electron chi connectivity index (χ0n) is 25.3. The monoisotopic (exact) mass is 548 g/mol. The number of aliphatic hydroxyl groups excluding tert-OH is 3. The van der Waals surface area contributed by atoms with E-state index in [0.29, 0.717) is 37.2 Å². The van der Waals surface area contributed by atoms with Gasteiger partial charge in [-0.3, -0.25) is 4.79 Å². The summed E-state index contributed by atoms with van der Waals surface area (Å²) in [5.74, 6) is -0.909. The minimum atomic E-state index is -0.953. The molecular formula is C32H52O7. The lowest BCUT2D eigenvalue weighted by atomic mass is 9.36. The van der Waals surface area contributed by atoms with Crippen LogP contribution >= 0.6 is 0 Å². The van der Waals surface area contributed by atoms with Crippen molar-refractivity contribution >= 4 is 11.9 Å². The number of carboxylic acid groups (broad SMARTS) is 1. The van der Waals surface area contributed by atoms with Gasteiger partial charge in [0, 0.05) is 19.6 Å². The Balaban J connectivity index is 0.00000205. The molecule has 0 spiro atoms. The molecule has 0 aromatic carbocycles. The van der Waals surface area contributed by atoms with E-state index in [4.69, 9.17) is 9.84 Å². The van der Waals surface area contributed by atoms with E-state index in [2.05, 4.69) is 27.7 Å². The van der Waals surface area contributed by atoms with Crippen molar-refractivity contribution in [1.29, 1.82) is 0 Å². The fraction of sp³-hybridized carbons (Fsp3) is 0.812. The zero-order valence-corrected chi connectivity index (χ0v) is 25.3. The maximum atomic E-state index is 12.6. The fourth-order valence-electron chi connectivity index (χ4n) is 9.79. The van der Waals surface area contributed by atoms with Crippen LogP contribution in [0.1, 0.15) is 99.8 Å². The summed E-state index contributed by atoms with van der Waals surface area (Å²) in [6.45, 7) is 14.5. The Morgan fingerprint density at radius 2 is 1.64 bits per heavy atom. The third-order valence-corrected chi connectivity index (χ3v) is 11.6. The van der Waals surface area contributed by atoms with Gasteiger partial charge >= 0.3 is 11.9 Å². The molecule has 0 bridgehead atoms. The molecule has 0 heterocycles. The van der Waals surface area contributed by atoms with Crippen LogP contribution in [0.4, 0.5) is 0 Å². The molecule has 222 valence electrons. The largest absolute Gasteiger partial charge is 0.478 e. The van der Waals surface area contributed by atoms with Gasteiger partial charge in [0.05, 0.1) is 12.2 Å². The fourth-order valence-corrected chi connectivity index (χ4v) is 9.79. The van der Waals surface area contributed by atoms with Crippen molar-refractivity contribution in [1.82, 2.24) is 0 Å². The highest BCUT2D eigenvalue weighted by atomic mass is 16.5. The van der Waals surface area contributed by atoms with Gasteiger partial charge in [0.1, 0.15) is 6.10 Å². The summed E-state index contributed by atoms with van der Waals surface area (Å²) in [5, 5.41) is 39.9. The summed E-state index contributed by atoms with van der Waals surface area (Å²) < 4.78 is 5.87. The van der Waals surface area contributed by atoms with Crippen molar-refractivity contribution in [2.75, 3.05) is 7.11 Å².